The van der Waals surface area contributed by atoms with Crippen molar-refractivity contribution >= 4 is 7.85 Å². The predicted molar refractivity (Wildman–Crippen MR) is 53.6 cm³/mol. The summed E-state index contributed by atoms with van der Waals surface area (Å²) in [5.41, 5.74) is 0. The Morgan fingerprint density at radius 2 is 1.67 bits per heavy atom. The molecule has 5 atom stereocenters. The Balaban J connectivity index is 2.83. The fraction of sp³-hybridized carbons (Fsp3) is 1.00. The van der Waals surface area contributed by atoms with Gasteiger partial charge >= 0.3 is 0 Å². The standard InChI is InChI=1S/C9H17BO5/c1-9(2,10)8-7(14)6(13)5(12)4(3-11)15-8/h4-8,11-14H,3H2,1-2H3/t4?,5-,6-,7?,8-/m0/s1. The van der Waals surface area contributed by atoms with Crippen LogP contribution in [-0.4, -0.2) is 65.4 Å². The van der Waals surface area contributed by atoms with Gasteiger partial charge in [-0.05, 0) is 5.31 Å². The largest absolute Gasteiger partial charge is 0.394 e. The number of ether oxygens (including phenoxy) is 1. The summed E-state index contributed by atoms with van der Waals surface area (Å²) in [6.07, 6.45) is -5.67. The molecule has 0 amide bonds. The highest BCUT2D eigenvalue weighted by atomic mass is 16.5. The Labute approximate surface area is 90.1 Å². The minimum atomic E-state index is -1.36. The summed E-state index contributed by atoms with van der Waals surface area (Å²) in [4.78, 5) is 0. The van der Waals surface area contributed by atoms with Gasteiger partial charge in [-0.15, -0.1) is 0 Å². The van der Waals surface area contributed by atoms with Crippen molar-refractivity contribution in [1.82, 2.24) is 0 Å². The summed E-state index contributed by atoms with van der Waals surface area (Å²) >= 11 is 0. The first-order valence-electron chi connectivity index (χ1n) is 4.88. The van der Waals surface area contributed by atoms with Gasteiger partial charge in [-0.3, -0.25) is 0 Å². The molecule has 0 spiro atoms. The average molecular weight is 216 g/mol. The number of hydrogen-bond donors (Lipinski definition) is 4. The van der Waals surface area contributed by atoms with E-state index in [1.54, 1.807) is 13.8 Å². The summed E-state index contributed by atoms with van der Waals surface area (Å²) < 4.78 is 5.26. The highest BCUT2D eigenvalue weighted by Gasteiger charge is 2.47. The lowest BCUT2D eigenvalue weighted by Gasteiger charge is -2.45. The number of hydrogen-bond acceptors (Lipinski definition) is 5. The molecular weight excluding hydrogens is 199 g/mol. The van der Waals surface area contributed by atoms with Gasteiger partial charge < -0.3 is 25.2 Å². The van der Waals surface area contributed by atoms with E-state index in [2.05, 4.69) is 0 Å². The monoisotopic (exact) mass is 216 g/mol. The van der Waals surface area contributed by atoms with Crippen LogP contribution in [0.3, 0.4) is 0 Å². The van der Waals surface area contributed by atoms with Gasteiger partial charge in [0, 0.05) is 0 Å². The molecule has 0 aliphatic carbocycles. The zero-order chi connectivity index (χ0) is 11.8. The van der Waals surface area contributed by atoms with E-state index >= 15 is 0 Å². The molecule has 4 N–H and O–H groups in total. The smallest absolute Gasteiger partial charge is 0.111 e. The van der Waals surface area contributed by atoms with Crippen molar-refractivity contribution in [3.63, 3.8) is 0 Å². The molecule has 1 aliphatic heterocycles. The van der Waals surface area contributed by atoms with E-state index in [-0.39, 0.29) is 0 Å². The van der Waals surface area contributed by atoms with Crippen LogP contribution in [0.25, 0.3) is 0 Å². The minimum Gasteiger partial charge on any atom is -0.394 e. The first-order valence-corrected chi connectivity index (χ1v) is 4.88. The van der Waals surface area contributed by atoms with Gasteiger partial charge in [0.1, 0.15) is 24.4 Å². The second-order valence-electron chi connectivity index (χ2n) is 4.57. The van der Waals surface area contributed by atoms with Crippen LogP contribution in [-0.2, 0) is 4.74 Å². The maximum Gasteiger partial charge on any atom is 0.111 e. The average Bonchev–Trinajstić information content (AvgIpc) is 2.13. The molecule has 1 saturated heterocycles. The first-order chi connectivity index (χ1) is 6.79. The van der Waals surface area contributed by atoms with E-state index in [4.69, 9.17) is 17.7 Å². The molecule has 0 aromatic rings. The zero-order valence-electron chi connectivity index (χ0n) is 8.87. The van der Waals surface area contributed by atoms with Gasteiger partial charge in [-0.25, -0.2) is 0 Å². The number of rotatable bonds is 2. The van der Waals surface area contributed by atoms with Crippen molar-refractivity contribution in [1.29, 1.82) is 0 Å². The Hall–Kier alpha value is -0.135. The van der Waals surface area contributed by atoms with Gasteiger partial charge in [-0.1, -0.05) is 13.8 Å². The Kier molecular flexibility index (Phi) is 3.78. The van der Waals surface area contributed by atoms with Crippen LogP contribution in [0.4, 0.5) is 0 Å². The summed E-state index contributed by atoms with van der Waals surface area (Å²) in [5.74, 6) is 0. The van der Waals surface area contributed by atoms with Crippen molar-refractivity contribution in [2.75, 3.05) is 6.61 Å². The van der Waals surface area contributed by atoms with Crippen LogP contribution in [0.15, 0.2) is 0 Å². The molecule has 6 heteroatoms. The Morgan fingerprint density at radius 3 is 2.07 bits per heavy atom. The van der Waals surface area contributed by atoms with Crippen LogP contribution < -0.4 is 0 Å². The molecule has 2 radical (unpaired) electrons. The molecule has 0 aromatic carbocycles. The summed E-state index contributed by atoms with van der Waals surface area (Å²) in [7, 11) is 5.77. The second-order valence-corrected chi connectivity index (χ2v) is 4.57. The van der Waals surface area contributed by atoms with Gasteiger partial charge in [0.15, 0.2) is 0 Å². The van der Waals surface area contributed by atoms with Crippen LogP contribution in [0.1, 0.15) is 13.8 Å². The molecule has 15 heavy (non-hydrogen) atoms. The maximum absolute atomic E-state index is 9.66. The highest BCUT2D eigenvalue weighted by Crippen LogP contribution is 2.35. The molecule has 0 aromatic heterocycles. The van der Waals surface area contributed by atoms with E-state index in [1.807, 2.05) is 0 Å². The quantitative estimate of drug-likeness (QED) is 0.409. The molecule has 1 heterocycles. The SMILES string of the molecule is [B]C(C)(C)[C@H]1OC(CO)[C@H](O)[C@H](O)C1O. The van der Waals surface area contributed by atoms with Crippen LogP contribution in [0.5, 0.6) is 0 Å². The van der Waals surface area contributed by atoms with Crippen molar-refractivity contribution < 1.29 is 25.2 Å². The third-order valence-corrected chi connectivity index (χ3v) is 2.63. The van der Waals surface area contributed by atoms with Crippen molar-refractivity contribution in [2.45, 2.75) is 49.7 Å². The van der Waals surface area contributed by atoms with E-state index in [1.165, 1.54) is 0 Å². The van der Waals surface area contributed by atoms with E-state index in [0.717, 1.165) is 0 Å². The van der Waals surface area contributed by atoms with Crippen LogP contribution >= 0.6 is 0 Å². The van der Waals surface area contributed by atoms with Gasteiger partial charge in [-0.2, -0.15) is 0 Å². The molecule has 0 saturated carbocycles. The lowest BCUT2D eigenvalue weighted by Crippen LogP contribution is -2.60. The molecular formula is C9H17BO5. The molecule has 1 fully saturated rings. The fourth-order valence-electron chi connectivity index (χ4n) is 1.72. The third-order valence-electron chi connectivity index (χ3n) is 2.63. The fourth-order valence-corrected chi connectivity index (χ4v) is 1.72. The minimum absolute atomic E-state index is 0.433. The molecule has 1 aliphatic rings. The lowest BCUT2D eigenvalue weighted by atomic mass is 9.65. The highest BCUT2D eigenvalue weighted by molar-refractivity contribution is 6.15. The first kappa shape index (κ1) is 12.9. The lowest BCUT2D eigenvalue weighted by molar-refractivity contribution is -0.236. The Bertz CT molecular complexity index is 215. The van der Waals surface area contributed by atoms with E-state index in [0.29, 0.717) is 0 Å². The van der Waals surface area contributed by atoms with Crippen molar-refractivity contribution in [2.24, 2.45) is 0 Å². The van der Waals surface area contributed by atoms with E-state index in [9.17, 15) is 15.3 Å². The Morgan fingerprint density at radius 1 is 1.13 bits per heavy atom. The van der Waals surface area contributed by atoms with Crippen molar-refractivity contribution in [3.05, 3.63) is 0 Å². The van der Waals surface area contributed by atoms with Crippen LogP contribution in [0, 0.1) is 0 Å². The third kappa shape index (κ3) is 2.51. The molecule has 5 nitrogen and oxygen atoms in total. The summed E-state index contributed by atoms with van der Waals surface area (Å²) in [6.45, 7) is 2.84. The molecule has 86 valence electrons. The predicted octanol–water partition coefficient (Wildman–Crippen LogP) is -1.80. The van der Waals surface area contributed by atoms with Crippen molar-refractivity contribution in [3.8, 4) is 0 Å². The second kappa shape index (κ2) is 4.39. The van der Waals surface area contributed by atoms with Crippen LogP contribution in [0.2, 0.25) is 5.31 Å². The normalized spacial score (nSPS) is 42.9. The molecule has 1 rings (SSSR count). The summed E-state index contributed by atoms with van der Waals surface area (Å²) in [5, 5.41) is 36.7. The summed E-state index contributed by atoms with van der Waals surface area (Å²) in [6, 6.07) is 0. The number of aliphatic hydroxyl groups excluding tert-OH is 4. The molecule has 0 bridgehead atoms. The molecule has 2 unspecified atom stereocenters. The van der Waals surface area contributed by atoms with E-state index < -0.39 is 42.4 Å². The van der Waals surface area contributed by atoms with Gasteiger partial charge in [0.05, 0.1) is 20.6 Å². The maximum atomic E-state index is 9.66. The topological polar surface area (TPSA) is 90.2 Å². The van der Waals surface area contributed by atoms with Gasteiger partial charge in [0.2, 0.25) is 0 Å². The van der Waals surface area contributed by atoms with Gasteiger partial charge in [0.25, 0.3) is 0 Å². The number of aliphatic hydroxyl groups is 4. The zero-order valence-corrected chi connectivity index (χ0v) is 8.87.